The predicted octanol–water partition coefficient (Wildman–Crippen LogP) is 3.37. The molecule has 31 heavy (non-hydrogen) atoms. The molecule has 1 aliphatic rings. The Morgan fingerprint density at radius 2 is 2.00 bits per heavy atom. The van der Waals surface area contributed by atoms with E-state index in [1.165, 1.54) is 19.3 Å². The Morgan fingerprint density at radius 3 is 2.61 bits per heavy atom. The van der Waals surface area contributed by atoms with Gasteiger partial charge < -0.3 is 15.2 Å². The summed E-state index contributed by atoms with van der Waals surface area (Å²) in [6.07, 6.45) is 7.33. The molecule has 178 valence electrons. The molecule has 0 aliphatic carbocycles. The minimum Gasteiger partial charge on any atom is -0.494 e. The molecule has 3 N–H and O–H groups in total. The summed E-state index contributed by atoms with van der Waals surface area (Å²) in [5.74, 6) is 0.300. The van der Waals surface area contributed by atoms with Crippen molar-refractivity contribution in [1.82, 2.24) is 10.0 Å². The number of piperidine rings is 1. The van der Waals surface area contributed by atoms with Gasteiger partial charge in [-0.15, -0.1) is 12.4 Å². The Kier molecular flexibility index (Phi) is 13.1. The number of unbranched alkanes of at least 4 members (excludes halogenated alkanes) is 2. The number of rotatable bonds is 14. The highest BCUT2D eigenvalue weighted by atomic mass is 35.5. The molecule has 1 fully saturated rings. The maximum absolute atomic E-state index is 12.0. The van der Waals surface area contributed by atoms with E-state index in [4.69, 9.17) is 4.74 Å². The quantitative estimate of drug-likeness (QED) is 0.355. The van der Waals surface area contributed by atoms with E-state index in [0.717, 1.165) is 49.6 Å². The molecule has 0 bridgehead atoms. The Bertz CT molecular complexity index is 737. The molecule has 2 atom stereocenters. The summed E-state index contributed by atoms with van der Waals surface area (Å²) in [6, 6.07) is 6.03. The molecule has 1 unspecified atom stereocenters. The Hall–Kier alpha value is -1.35. The molecule has 0 spiro atoms. The van der Waals surface area contributed by atoms with Gasteiger partial charge >= 0.3 is 5.97 Å². The van der Waals surface area contributed by atoms with Gasteiger partial charge in [0.1, 0.15) is 11.8 Å². The number of aliphatic carboxylic acids is 1. The number of carboxylic acids is 1. The first-order valence-corrected chi connectivity index (χ1v) is 12.7. The average molecular weight is 477 g/mol. The van der Waals surface area contributed by atoms with Crippen LogP contribution in [0.4, 0.5) is 0 Å². The molecular formula is C22H37ClN2O5S. The van der Waals surface area contributed by atoms with Crippen LogP contribution in [0.1, 0.15) is 57.4 Å². The van der Waals surface area contributed by atoms with Gasteiger partial charge in [0.15, 0.2) is 0 Å². The molecule has 2 rings (SSSR count). The minimum absolute atomic E-state index is 0. The fraction of sp³-hybridized carbons (Fsp3) is 0.682. The SMILES string of the molecule is CCCCS(=O)(=O)N[C@@H](Cc1ccc(OCCCCC2CCCNC2)cc1)C(=O)O.Cl. The highest BCUT2D eigenvalue weighted by Gasteiger charge is 2.24. The smallest absolute Gasteiger partial charge is 0.322 e. The Morgan fingerprint density at radius 1 is 1.26 bits per heavy atom. The van der Waals surface area contributed by atoms with E-state index in [1.54, 1.807) is 12.1 Å². The number of sulfonamides is 1. The van der Waals surface area contributed by atoms with Crippen LogP contribution >= 0.6 is 12.4 Å². The van der Waals surface area contributed by atoms with Gasteiger partial charge in [-0.3, -0.25) is 4.79 Å². The van der Waals surface area contributed by atoms with Gasteiger partial charge in [0, 0.05) is 0 Å². The second-order valence-electron chi connectivity index (χ2n) is 8.09. The van der Waals surface area contributed by atoms with Crippen LogP contribution in [0.25, 0.3) is 0 Å². The molecule has 0 aromatic heterocycles. The van der Waals surface area contributed by atoms with Crippen molar-refractivity contribution in [2.24, 2.45) is 5.92 Å². The number of carbonyl (C=O) groups is 1. The molecule has 1 aromatic carbocycles. The van der Waals surface area contributed by atoms with Crippen LogP contribution < -0.4 is 14.8 Å². The fourth-order valence-electron chi connectivity index (χ4n) is 3.64. The lowest BCUT2D eigenvalue weighted by Crippen LogP contribution is -2.43. The topological polar surface area (TPSA) is 105 Å². The van der Waals surface area contributed by atoms with Crippen LogP contribution in [0.15, 0.2) is 24.3 Å². The van der Waals surface area contributed by atoms with E-state index in [0.29, 0.717) is 13.0 Å². The summed E-state index contributed by atoms with van der Waals surface area (Å²) < 4.78 is 32.1. The Balaban J connectivity index is 0.00000480. The lowest BCUT2D eigenvalue weighted by molar-refractivity contribution is -0.138. The third-order valence-corrected chi connectivity index (χ3v) is 6.89. The van der Waals surface area contributed by atoms with Gasteiger partial charge in [-0.25, -0.2) is 13.1 Å². The van der Waals surface area contributed by atoms with E-state index in [1.807, 2.05) is 19.1 Å². The van der Waals surface area contributed by atoms with Crippen molar-refractivity contribution in [2.45, 2.75) is 64.3 Å². The highest BCUT2D eigenvalue weighted by Crippen LogP contribution is 2.18. The van der Waals surface area contributed by atoms with Gasteiger partial charge in [-0.05, 0) is 81.6 Å². The van der Waals surface area contributed by atoms with Crippen molar-refractivity contribution in [3.05, 3.63) is 29.8 Å². The van der Waals surface area contributed by atoms with Gasteiger partial charge in [0.25, 0.3) is 0 Å². The summed E-state index contributed by atoms with van der Waals surface area (Å²) >= 11 is 0. The van der Waals surface area contributed by atoms with Crippen LogP contribution in [0.3, 0.4) is 0 Å². The van der Waals surface area contributed by atoms with Crippen LogP contribution in [0, 0.1) is 5.92 Å². The van der Waals surface area contributed by atoms with Crippen molar-refractivity contribution >= 4 is 28.4 Å². The van der Waals surface area contributed by atoms with Crippen LogP contribution in [0.2, 0.25) is 0 Å². The second-order valence-corrected chi connectivity index (χ2v) is 9.96. The minimum atomic E-state index is -3.60. The van der Waals surface area contributed by atoms with Crippen molar-refractivity contribution in [3.8, 4) is 5.75 Å². The molecule has 0 radical (unpaired) electrons. The van der Waals surface area contributed by atoms with Crippen molar-refractivity contribution in [1.29, 1.82) is 0 Å². The van der Waals surface area contributed by atoms with Gasteiger partial charge in [0.05, 0.1) is 12.4 Å². The standard InChI is InChI=1S/C22H36N2O5S.ClH/c1-2-3-15-30(27,28)24-21(22(25)26)16-18-9-11-20(12-10-18)29-14-5-4-7-19-8-6-13-23-17-19;/h9-12,19,21,23-24H,2-8,13-17H2,1H3,(H,25,26);1H/t19?,21-;/m0./s1. The second kappa shape index (κ2) is 14.7. The maximum Gasteiger partial charge on any atom is 0.322 e. The normalized spacial score (nSPS) is 17.5. The zero-order valence-electron chi connectivity index (χ0n) is 18.3. The molecule has 1 aliphatic heterocycles. The van der Waals surface area contributed by atoms with E-state index >= 15 is 0 Å². The highest BCUT2D eigenvalue weighted by molar-refractivity contribution is 7.89. The molecule has 0 saturated carbocycles. The molecule has 9 heteroatoms. The summed E-state index contributed by atoms with van der Waals surface area (Å²) in [5, 5.41) is 12.8. The lowest BCUT2D eigenvalue weighted by atomic mass is 9.94. The van der Waals surface area contributed by atoms with Crippen molar-refractivity contribution in [3.63, 3.8) is 0 Å². The predicted molar refractivity (Wildman–Crippen MR) is 126 cm³/mol. The van der Waals surface area contributed by atoms with E-state index in [-0.39, 0.29) is 24.6 Å². The molecule has 0 amide bonds. The molecule has 1 heterocycles. The van der Waals surface area contributed by atoms with E-state index in [2.05, 4.69) is 10.0 Å². The third kappa shape index (κ3) is 11.2. The first-order valence-electron chi connectivity index (χ1n) is 11.0. The first-order chi connectivity index (χ1) is 14.4. The Labute approximate surface area is 192 Å². The summed E-state index contributed by atoms with van der Waals surface area (Å²) in [5.41, 5.74) is 0.748. The zero-order chi connectivity index (χ0) is 21.8. The maximum atomic E-state index is 12.0. The van der Waals surface area contributed by atoms with Gasteiger partial charge in [0.2, 0.25) is 10.0 Å². The number of hydrogen-bond acceptors (Lipinski definition) is 5. The monoisotopic (exact) mass is 476 g/mol. The van der Waals surface area contributed by atoms with Gasteiger partial charge in [-0.2, -0.15) is 0 Å². The fourth-order valence-corrected chi connectivity index (χ4v) is 5.05. The molecule has 1 saturated heterocycles. The summed E-state index contributed by atoms with van der Waals surface area (Å²) in [7, 11) is -3.60. The number of ether oxygens (including phenoxy) is 1. The average Bonchev–Trinajstić information content (AvgIpc) is 2.73. The van der Waals surface area contributed by atoms with E-state index in [9.17, 15) is 18.3 Å². The number of hydrogen-bond donors (Lipinski definition) is 3. The zero-order valence-corrected chi connectivity index (χ0v) is 20.0. The van der Waals surface area contributed by atoms with Crippen LogP contribution in [0.5, 0.6) is 5.75 Å². The number of carboxylic acid groups (broad SMARTS) is 1. The summed E-state index contributed by atoms with van der Waals surface area (Å²) in [4.78, 5) is 11.5. The molecular weight excluding hydrogens is 440 g/mol. The third-order valence-electron chi connectivity index (χ3n) is 5.42. The number of nitrogens with one attached hydrogen (secondary N) is 2. The number of halogens is 1. The van der Waals surface area contributed by atoms with Crippen LogP contribution in [-0.4, -0.2) is 51.0 Å². The van der Waals surface area contributed by atoms with Gasteiger partial charge in [-0.1, -0.05) is 25.5 Å². The van der Waals surface area contributed by atoms with Crippen molar-refractivity contribution < 1.29 is 23.1 Å². The molecule has 1 aromatic rings. The molecule has 7 nitrogen and oxygen atoms in total. The summed E-state index contributed by atoms with van der Waals surface area (Å²) in [6.45, 7) is 4.83. The van der Waals surface area contributed by atoms with Crippen LogP contribution in [-0.2, 0) is 21.2 Å². The lowest BCUT2D eigenvalue weighted by Gasteiger charge is -2.22. The largest absolute Gasteiger partial charge is 0.494 e. The first kappa shape index (κ1) is 27.7. The van der Waals surface area contributed by atoms with Crippen molar-refractivity contribution in [2.75, 3.05) is 25.4 Å². The number of benzene rings is 1. The van der Waals surface area contributed by atoms with E-state index < -0.39 is 22.0 Å².